The molecule has 1 fully saturated rings. The Kier molecular flexibility index (Phi) is 3.50. The van der Waals surface area contributed by atoms with E-state index in [-0.39, 0.29) is 29.4 Å². The second kappa shape index (κ2) is 5.04. The summed E-state index contributed by atoms with van der Waals surface area (Å²) < 4.78 is 36.2. The van der Waals surface area contributed by atoms with Gasteiger partial charge in [0, 0.05) is 12.8 Å². The Hall–Kier alpha value is -1.08. The quantitative estimate of drug-likeness (QED) is 0.830. The van der Waals surface area contributed by atoms with Crippen LogP contribution in [-0.2, 0) is 15.6 Å². The first kappa shape index (κ1) is 13.9. The molecule has 2 aliphatic rings. The van der Waals surface area contributed by atoms with Gasteiger partial charge in [-0.15, -0.1) is 0 Å². The van der Waals surface area contributed by atoms with Gasteiger partial charge in [0.25, 0.3) is 0 Å². The molecular formula is C13H15FN2O2S2. The van der Waals surface area contributed by atoms with E-state index in [0.717, 1.165) is 10.7 Å². The summed E-state index contributed by atoms with van der Waals surface area (Å²) in [4.78, 5) is 6.44. The number of benzene rings is 1. The lowest BCUT2D eigenvalue weighted by atomic mass is 10.2. The highest BCUT2D eigenvalue weighted by Gasteiger charge is 2.44. The smallest absolute Gasteiger partial charge is 0.159 e. The van der Waals surface area contributed by atoms with Gasteiger partial charge in [-0.2, -0.15) is 0 Å². The number of amidine groups is 1. The van der Waals surface area contributed by atoms with E-state index >= 15 is 0 Å². The van der Waals surface area contributed by atoms with Gasteiger partial charge in [-0.1, -0.05) is 23.9 Å². The van der Waals surface area contributed by atoms with Crippen LogP contribution >= 0.6 is 11.8 Å². The molecule has 0 aliphatic carbocycles. The van der Waals surface area contributed by atoms with Crippen molar-refractivity contribution in [1.29, 1.82) is 0 Å². The van der Waals surface area contributed by atoms with Crippen LogP contribution in [-0.4, -0.2) is 49.1 Å². The molecule has 0 N–H and O–H groups in total. The van der Waals surface area contributed by atoms with Crippen molar-refractivity contribution >= 4 is 26.8 Å². The molecule has 1 saturated heterocycles. The summed E-state index contributed by atoms with van der Waals surface area (Å²) >= 11 is 1.53. The van der Waals surface area contributed by atoms with Gasteiger partial charge in [0.15, 0.2) is 15.0 Å². The molecule has 2 aliphatic heterocycles. The van der Waals surface area contributed by atoms with Gasteiger partial charge in [0.2, 0.25) is 0 Å². The van der Waals surface area contributed by atoms with Crippen LogP contribution in [0.5, 0.6) is 0 Å². The SMILES string of the molecule is CN1C(SCc2cccc(F)c2)=N[C@H]2CS(=O)(=O)C[C@@H]21. The highest BCUT2D eigenvalue weighted by molar-refractivity contribution is 8.13. The number of sulfone groups is 1. The fraction of sp³-hybridized carbons (Fsp3) is 0.462. The average Bonchev–Trinajstić information content (AvgIpc) is 2.81. The number of hydrogen-bond donors (Lipinski definition) is 0. The molecule has 4 nitrogen and oxygen atoms in total. The van der Waals surface area contributed by atoms with Crippen molar-refractivity contribution in [3.8, 4) is 0 Å². The first-order valence-electron chi connectivity index (χ1n) is 6.33. The zero-order chi connectivity index (χ0) is 14.3. The van der Waals surface area contributed by atoms with Crippen molar-refractivity contribution in [2.75, 3.05) is 18.6 Å². The van der Waals surface area contributed by atoms with Crippen molar-refractivity contribution in [3.63, 3.8) is 0 Å². The Morgan fingerprint density at radius 1 is 1.45 bits per heavy atom. The minimum atomic E-state index is -2.94. The van der Waals surface area contributed by atoms with Crippen LogP contribution < -0.4 is 0 Å². The molecule has 2 heterocycles. The largest absolute Gasteiger partial charge is 0.348 e. The predicted octanol–water partition coefficient (Wildman–Crippen LogP) is 1.53. The number of rotatable bonds is 2. The molecule has 0 bridgehead atoms. The Morgan fingerprint density at radius 3 is 2.95 bits per heavy atom. The third-order valence-corrected chi connectivity index (χ3v) is 6.45. The number of halogens is 1. The van der Waals surface area contributed by atoms with E-state index < -0.39 is 9.84 Å². The Morgan fingerprint density at radius 2 is 2.25 bits per heavy atom. The van der Waals surface area contributed by atoms with Crippen molar-refractivity contribution < 1.29 is 12.8 Å². The zero-order valence-corrected chi connectivity index (χ0v) is 12.6. The van der Waals surface area contributed by atoms with E-state index in [1.165, 1.54) is 23.9 Å². The number of aliphatic imine (C=N–C) groups is 1. The van der Waals surface area contributed by atoms with Gasteiger partial charge in [-0.3, -0.25) is 4.99 Å². The average molecular weight is 314 g/mol. The standard InChI is InChI=1S/C13H15FN2O2S2/c1-16-12-8-20(17,18)7-11(12)15-13(16)19-6-9-3-2-4-10(14)5-9/h2-5,11-12H,6-8H2,1H3/t11-,12-/m0/s1. The number of nitrogens with zero attached hydrogens (tertiary/aromatic N) is 2. The minimum Gasteiger partial charge on any atom is -0.348 e. The van der Waals surface area contributed by atoms with Gasteiger partial charge in [0.05, 0.1) is 23.6 Å². The lowest BCUT2D eigenvalue weighted by Crippen LogP contribution is -2.35. The van der Waals surface area contributed by atoms with Crippen LogP contribution in [0.15, 0.2) is 29.3 Å². The van der Waals surface area contributed by atoms with Crippen molar-refractivity contribution in [3.05, 3.63) is 35.6 Å². The lowest BCUT2D eigenvalue weighted by molar-refractivity contribution is 0.410. The maximum Gasteiger partial charge on any atom is 0.159 e. The number of likely N-dealkylation sites (N-methyl/N-ethyl adjacent to an activating group) is 1. The summed E-state index contributed by atoms with van der Waals surface area (Å²) in [5, 5.41) is 0.846. The van der Waals surface area contributed by atoms with Crippen LogP contribution in [0.3, 0.4) is 0 Å². The summed E-state index contributed by atoms with van der Waals surface area (Å²) in [5.74, 6) is 0.716. The molecule has 7 heteroatoms. The molecule has 0 aromatic heterocycles. The van der Waals surface area contributed by atoms with Crippen LogP contribution in [0.1, 0.15) is 5.56 Å². The monoisotopic (exact) mass is 314 g/mol. The van der Waals surface area contributed by atoms with Crippen molar-refractivity contribution in [2.24, 2.45) is 4.99 Å². The fourth-order valence-electron chi connectivity index (χ4n) is 2.59. The summed E-state index contributed by atoms with van der Waals surface area (Å²) in [6.07, 6.45) is 0. The van der Waals surface area contributed by atoms with Gasteiger partial charge < -0.3 is 4.90 Å². The maximum absolute atomic E-state index is 13.1. The van der Waals surface area contributed by atoms with Crippen LogP contribution in [0.4, 0.5) is 4.39 Å². The molecule has 108 valence electrons. The van der Waals surface area contributed by atoms with E-state index in [1.807, 2.05) is 18.0 Å². The van der Waals surface area contributed by atoms with Gasteiger partial charge in [-0.25, -0.2) is 12.8 Å². The molecule has 20 heavy (non-hydrogen) atoms. The van der Waals surface area contributed by atoms with Crippen LogP contribution in [0.25, 0.3) is 0 Å². The molecular weight excluding hydrogens is 299 g/mol. The molecule has 1 aromatic carbocycles. The van der Waals surface area contributed by atoms with E-state index in [9.17, 15) is 12.8 Å². The highest BCUT2D eigenvalue weighted by Crippen LogP contribution is 2.30. The second-order valence-electron chi connectivity index (χ2n) is 5.15. The number of fused-ring (bicyclic) bond motifs is 1. The number of hydrogen-bond acceptors (Lipinski definition) is 5. The van der Waals surface area contributed by atoms with Crippen molar-refractivity contribution in [1.82, 2.24) is 4.90 Å². The van der Waals surface area contributed by atoms with Gasteiger partial charge in [-0.05, 0) is 17.7 Å². The highest BCUT2D eigenvalue weighted by atomic mass is 32.2. The third kappa shape index (κ3) is 2.69. The van der Waals surface area contributed by atoms with E-state index in [0.29, 0.717) is 5.75 Å². The number of thioether (sulfide) groups is 1. The predicted molar refractivity (Wildman–Crippen MR) is 79.1 cm³/mol. The van der Waals surface area contributed by atoms with E-state index in [2.05, 4.69) is 4.99 Å². The third-order valence-electron chi connectivity index (χ3n) is 3.63. The summed E-state index contributed by atoms with van der Waals surface area (Å²) in [6.45, 7) is 0. The van der Waals surface area contributed by atoms with Gasteiger partial charge in [0.1, 0.15) is 5.82 Å². The second-order valence-corrected chi connectivity index (χ2v) is 8.25. The van der Waals surface area contributed by atoms with Gasteiger partial charge >= 0.3 is 0 Å². The van der Waals surface area contributed by atoms with Crippen LogP contribution in [0.2, 0.25) is 0 Å². The summed E-state index contributed by atoms with van der Waals surface area (Å²) in [5.41, 5.74) is 0.899. The molecule has 0 saturated carbocycles. The Balaban J connectivity index is 1.68. The first-order valence-corrected chi connectivity index (χ1v) is 9.14. The first-order chi connectivity index (χ1) is 9.44. The molecule has 1 aromatic rings. The summed E-state index contributed by atoms with van der Waals surface area (Å²) in [7, 11) is -1.06. The molecule has 0 unspecified atom stereocenters. The van der Waals surface area contributed by atoms with Crippen LogP contribution in [0, 0.1) is 5.82 Å². The molecule has 2 atom stereocenters. The normalized spacial score (nSPS) is 27.5. The molecule has 0 spiro atoms. The fourth-order valence-corrected chi connectivity index (χ4v) is 5.54. The Bertz CT molecular complexity index is 660. The van der Waals surface area contributed by atoms with E-state index in [4.69, 9.17) is 0 Å². The Labute approximate surface area is 122 Å². The van der Waals surface area contributed by atoms with Crippen molar-refractivity contribution in [2.45, 2.75) is 17.8 Å². The molecule has 3 rings (SSSR count). The topological polar surface area (TPSA) is 49.7 Å². The maximum atomic E-state index is 13.1. The summed E-state index contributed by atoms with van der Waals surface area (Å²) in [6, 6.07) is 6.31. The molecule has 0 amide bonds. The minimum absolute atomic E-state index is 0.0324. The zero-order valence-electron chi connectivity index (χ0n) is 11.0. The molecule has 0 radical (unpaired) electrons. The van der Waals surface area contributed by atoms with E-state index in [1.54, 1.807) is 6.07 Å². The lowest BCUT2D eigenvalue weighted by Gasteiger charge is -2.20.